The molecule has 0 aliphatic heterocycles. The highest BCUT2D eigenvalue weighted by Crippen LogP contribution is 2.33. The fraction of sp³-hybridized carbons (Fsp3) is 0.500. The summed E-state index contributed by atoms with van der Waals surface area (Å²) in [6.45, 7) is -0.185. The van der Waals surface area contributed by atoms with Gasteiger partial charge in [-0.25, -0.2) is 0 Å². The molecule has 0 radical (unpaired) electrons. The van der Waals surface area contributed by atoms with E-state index in [2.05, 4.69) is 0 Å². The number of carbonyl (C=O) groups is 1. The molecule has 0 spiro atoms. The highest BCUT2D eigenvalue weighted by atomic mass is 32.2. The number of hydrogen-bond donors (Lipinski definition) is 2. The molecule has 0 atom stereocenters. The Labute approximate surface area is 149 Å². The van der Waals surface area contributed by atoms with E-state index in [1.54, 1.807) is 23.2 Å². The average molecular weight is 373 g/mol. The smallest absolute Gasteiger partial charge is 0.389 e. The van der Waals surface area contributed by atoms with Gasteiger partial charge in [-0.05, 0) is 30.5 Å². The van der Waals surface area contributed by atoms with E-state index >= 15 is 0 Å². The van der Waals surface area contributed by atoms with Crippen LogP contribution in [0.2, 0.25) is 0 Å². The summed E-state index contributed by atoms with van der Waals surface area (Å²) in [6.07, 6.45) is 3.24. The van der Waals surface area contributed by atoms with Gasteiger partial charge in [0.15, 0.2) is 0 Å². The predicted octanol–water partition coefficient (Wildman–Crippen LogP) is 4.17. The van der Waals surface area contributed by atoms with Crippen molar-refractivity contribution < 1.29 is 23.1 Å². The number of nitrogens with one attached hydrogen (secondary N) is 1. The number of amides is 1. The molecule has 7 heteroatoms. The molecule has 1 aromatic rings. The van der Waals surface area contributed by atoms with Crippen LogP contribution in [0.15, 0.2) is 35.2 Å². The first-order valence-corrected chi connectivity index (χ1v) is 9.24. The third-order valence-corrected chi connectivity index (χ3v) is 5.37. The van der Waals surface area contributed by atoms with Gasteiger partial charge in [0, 0.05) is 17.2 Å². The molecule has 1 aliphatic carbocycles. The Hall–Kier alpha value is -1.47. The molecule has 2 N–H and O–H groups in total. The van der Waals surface area contributed by atoms with E-state index in [1.807, 2.05) is 24.3 Å². The zero-order valence-corrected chi connectivity index (χ0v) is 14.6. The van der Waals surface area contributed by atoms with Gasteiger partial charge in [-0.3, -0.25) is 4.79 Å². The minimum atomic E-state index is -4.86. The quantitative estimate of drug-likeness (QED) is 0.736. The monoisotopic (exact) mass is 373 g/mol. The van der Waals surface area contributed by atoms with E-state index in [0.29, 0.717) is 5.75 Å². The first-order valence-electron chi connectivity index (χ1n) is 8.25. The van der Waals surface area contributed by atoms with Crippen LogP contribution in [0.25, 0.3) is 6.08 Å². The van der Waals surface area contributed by atoms with Crippen molar-refractivity contribution in [2.75, 3.05) is 12.3 Å². The molecule has 1 amide bonds. The highest BCUT2D eigenvalue weighted by molar-refractivity contribution is 7.99. The Morgan fingerprint density at radius 3 is 2.68 bits per heavy atom. The van der Waals surface area contributed by atoms with Gasteiger partial charge in [-0.2, -0.15) is 13.2 Å². The molecule has 3 nitrogen and oxygen atoms in total. The Bertz CT molecular complexity index is 611. The average Bonchev–Trinajstić information content (AvgIpc) is 2.57. The number of aliphatic hydroxyl groups is 1. The summed E-state index contributed by atoms with van der Waals surface area (Å²) in [4.78, 5) is 11.7. The number of alkyl halides is 3. The summed E-state index contributed by atoms with van der Waals surface area (Å²) < 4.78 is 36.2. The maximum Gasteiger partial charge on any atom is 0.471 e. The summed E-state index contributed by atoms with van der Waals surface area (Å²) in [5.74, 6) is -1.30. The standard InChI is InChI=1S/C18H22F3NO2S/c19-18(20,21)16(23)22-11-5-7-14-6-4-8-15(12-14)25-13-17(24)9-2-1-3-10-17/h4-8,12,24H,1-3,9-11,13H2,(H,22,23)/b7-5+. The molecule has 0 saturated heterocycles. The summed E-state index contributed by atoms with van der Waals surface area (Å²) in [5.41, 5.74) is 0.235. The summed E-state index contributed by atoms with van der Waals surface area (Å²) in [6, 6.07) is 7.56. The Morgan fingerprint density at radius 1 is 1.28 bits per heavy atom. The van der Waals surface area contributed by atoms with E-state index in [-0.39, 0.29) is 6.54 Å². The molecule has 0 heterocycles. The summed E-state index contributed by atoms with van der Waals surface area (Å²) in [5, 5.41) is 12.3. The molecule has 1 saturated carbocycles. The Kier molecular flexibility index (Phi) is 6.95. The van der Waals surface area contributed by atoms with Crippen LogP contribution in [-0.2, 0) is 4.79 Å². The van der Waals surface area contributed by atoms with Crippen LogP contribution >= 0.6 is 11.8 Å². The normalized spacial score (nSPS) is 17.6. The van der Waals surface area contributed by atoms with Gasteiger partial charge >= 0.3 is 12.1 Å². The Balaban J connectivity index is 1.84. The Morgan fingerprint density at radius 2 is 2.00 bits per heavy atom. The molecule has 2 rings (SSSR count). The van der Waals surface area contributed by atoms with Gasteiger partial charge in [-0.1, -0.05) is 43.5 Å². The fourth-order valence-electron chi connectivity index (χ4n) is 2.73. The third-order valence-electron chi connectivity index (χ3n) is 4.10. The SMILES string of the molecule is O=C(NC/C=C/c1cccc(SCC2(O)CCCCC2)c1)C(F)(F)F. The lowest BCUT2D eigenvalue weighted by atomic mass is 9.86. The van der Waals surface area contributed by atoms with E-state index in [1.165, 1.54) is 12.5 Å². The lowest BCUT2D eigenvalue weighted by Crippen LogP contribution is -2.36. The molecule has 138 valence electrons. The molecule has 1 aromatic carbocycles. The van der Waals surface area contributed by atoms with E-state index in [9.17, 15) is 23.1 Å². The minimum Gasteiger partial charge on any atom is -0.389 e. The van der Waals surface area contributed by atoms with Crippen LogP contribution < -0.4 is 5.32 Å². The molecule has 0 aromatic heterocycles. The minimum absolute atomic E-state index is 0.185. The number of halogens is 3. The van der Waals surface area contributed by atoms with Crippen molar-refractivity contribution in [3.05, 3.63) is 35.9 Å². The third kappa shape index (κ3) is 6.74. The maximum atomic E-state index is 12.1. The van der Waals surface area contributed by atoms with Crippen LogP contribution in [0.5, 0.6) is 0 Å². The lowest BCUT2D eigenvalue weighted by Gasteiger charge is -2.31. The van der Waals surface area contributed by atoms with Crippen molar-refractivity contribution in [3.63, 3.8) is 0 Å². The van der Waals surface area contributed by atoms with Crippen molar-refractivity contribution in [2.24, 2.45) is 0 Å². The van der Waals surface area contributed by atoms with Crippen LogP contribution in [0.1, 0.15) is 37.7 Å². The first-order chi connectivity index (χ1) is 11.8. The molecule has 1 fully saturated rings. The van der Waals surface area contributed by atoms with Crippen LogP contribution in [0.4, 0.5) is 13.2 Å². The van der Waals surface area contributed by atoms with Gasteiger partial charge in [0.1, 0.15) is 0 Å². The van der Waals surface area contributed by atoms with Crippen LogP contribution in [0, 0.1) is 0 Å². The zero-order chi connectivity index (χ0) is 18.3. The fourth-order valence-corrected chi connectivity index (χ4v) is 3.84. The van der Waals surface area contributed by atoms with Gasteiger partial charge in [0.2, 0.25) is 0 Å². The van der Waals surface area contributed by atoms with Crippen molar-refractivity contribution in [1.29, 1.82) is 0 Å². The second-order valence-corrected chi connectivity index (χ2v) is 7.31. The lowest BCUT2D eigenvalue weighted by molar-refractivity contribution is -0.173. The molecule has 0 unspecified atom stereocenters. The van der Waals surface area contributed by atoms with E-state index < -0.39 is 17.7 Å². The van der Waals surface area contributed by atoms with E-state index in [4.69, 9.17) is 0 Å². The van der Waals surface area contributed by atoms with E-state index in [0.717, 1.165) is 36.1 Å². The molecule has 0 bridgehead atoms. The second kappa shape index (κ2) is 8.76. The molecular weight excluding hydrogens is 351 g/mol. The van der Waals surface area contributed by atoms with Crippen molar-refractivity contribution in [1.82, 2.24) is 5.32 Å². The number of hydrogen-bond acceptors (Lipinski definition) is 3. The maximum absolute atomic E-state index is 12.1. The summed E-state index contributed by atoms with van der Waals surface area (Å²) in [7, 11) is 0. The highest BCUT2D eigenvalue weighted by Gasteiger charge is 2.38. The first kappa shape index (κ1) is 19.8. The van der Waals surface area contributed by atoms with Gasteiger partial charge in [0.25, 0.3) is 0 Å². The number of benzene rings is 1. The summed E-state index contributed by atoms with van der Waals surface area (Å²) >= 11 is 1.59. The molecule has 1 aliphatic rings. The zero-order valence-electron chi connectivity index (χ0n) is 13.8. The topological polar surface area (TPSA) is 49.3 Å². The van der Waals surface area contributed by atoms with Crippen molar-refractivity contribution in [2.45, 2.75) is 48.8 Å². The number of carbonyl (C=O) groups excluding carboxylic acids is 1. The molecule has 25 heavy (non-hydrogen) atoms. The van der Waals surface area contributed by atoms with Crippen molar-refractivity contribution >= 4 is 23.7 Å². The number of rotatable bonds is 6. The second-order valence-electron chi connectivity index (χ2n) is 6.26. The van der Waals surface area contributed by atoms with Crippen LogP contribution in [-0.4, -0.2) is 35.1 Å². The van der Waals surface area contributed by atoms with Gasteiger partial charge in [0.05, 0.1) is 5.60 Å². The largest absolute Gasteiger partial charge is 0.471 e. The van der Waals surface area contributed by atoms with Crippen molar-refractivity contribution in [3.8, 4) is 0 Å². The van der Waals surface area contributed by atoms with Gasteiger partial charge < -0.3 is 10.4 Å². The molecular formula is C18H22F3NO2S. The van der Waals surface area contributed by atoms with Crippen LogP contribution in [0.3, 0.4) is 0 Å². The van der Waals surface area contributed by atoms with Gasteiger partial charge in [-0.15, -0.1) is 11.8 Å². The number of thioether (sulfide) groups is 1. The predicted molar refractivity (Wildman–Crippen MR) is 93.3 cm³/mol.